The SMILES string of the molecule is CCCc1ccc(NC(=O)CNC(=O)c2ccc(C(F)(F)F)cc2)cc1. The summed E-state index contributed by atoms with van der Waals surface area (Å²) in [6.45, 7) is 1.80. The van der Waals surface area contributed by atoms with Gasteiger partial charge < -0.3 is 10.6 Å². The van der Waals surface area contributed by atoms with Crippen LogP contribution in [0.2, 0.25) is 0 Å². The van der Waals surface area contributed by atoms with Gasteiger partial charge >= 0.3 is 6.18 Å². The lowest BCUT2D eigenvalue weighted by Crippen LogP contribution is -2.32. The summed E-state index contributed by atoms with van der Waals surface area (Å²) in [6, 6.07) is 11.2. The minimum Gasteiger partial charge on any atom is -0.343 e. The van der Waals surface area contributed by atoms with Gasteiger partial charge in [-0.15, -0.1) is 0 Å². The molecule has 0 aliphatic carbocycles. The number of amides is 2. The van der Waals surface area contributed by atoms with Crippen molar-refractivity contribution < 1.29 is 22.8 Å². The van der Waals surface area contributed by atoms with Crippen molar-refractivity contribution in [3.63, 3.8) is 0 Å². The van der Waals surface area contributed by atoms with Gasteiger partial charge in [-0.1, -0.05) is 25.5 Å². The number of carbonyl (C=O) groups excluding carboxylic acids is 2. The molecule has 2 aromatic rings. The lowest BCUT2D eigenvalue weighted by Gasteiger charge is -2.09. The highest BCUT2D eigenvalue weighted by Gasteiger charge is 2.30. The van der Waals surface area contributed by atoms with E-state index >= 15 is 0 Å². The molecule has 0 saturated heterocycles. The molecule has 0 fully saturated rings. The van der Waals surface area contributed by atoms with Crippen LogP contribution in [0.4, 0.5) is 18.9 Å². The lowest BCUT2D eigenvalue weighted by molar-refractivity contribution is -0.137. The standard InChI is InChI=1S/C19H19F3N2O2/c1-2-3-13-4-10-16(11-5-13)24-17(25)12-23-18(26)14-6-8-15(9-7-14)19(20,21)22/h4-11H,2-3,12H2,1H3,(H,23,26)(H,24,25). The number of halogens is 3. The molecule has 0 atom stereocenters. The van der Waals surface area contributed by atoms with Crippen molar-refractivity contribution in [3.8, 4) is 0 Å². The van der Waals surface area contributed by atoms with Gasteiger partial charge in [0, 0.05) is 11.3 Å². The van der Waals surface area contributed by atoms with Gasteiger partial charge in [0.05, 0.1) is 12.1 Å². The van der Waals surface area contributed by atoms with Gasteiger partial charge in [0.2, 0.25) is 5.91 Å². The first-order valence-electron chi connectivity index (χ1n) is 8.14. The molecule has 2 rings (SSSR count). The van der Waals surface area contributed by atoms with E-state index in [4.69, 9.17) is 0 Å². The maximum absolute atomic E-state index is 12.5. The van der Waals surface area contributed by atoms with Crippen molar-refractivity contribution in [2.75, 3.05) is 11.9 Å². The van der Waals surface area contributed by atoms with Crippen molar-refractivity contribution in [2.24, 2.45) is 0 Å². The predicted octanol–water partition coefficient (Wildman–Crippen LogP) is 4.03. The van der Waals surface area contributed by atoms with Gasteiger partial charge in [-0.2, -0.15) is 13.2 Å². The predicted molar refractivity (Wildman–Crippen MR) is 92.8 cm³/mol. The van der Waals surface area contributed by atoms with E-state index in [1.165, 1.54) is 5.56 Å². The second-order valence-corrected chi connectivity index (χ2v) is 5.75. The number of aryl methyl sites for hydroxylation is 1. The smallest absolute Gasteiger partial charge is 0.343 e. The minimum absolute atomic E-state index is 0.0507. The third kappa shape index (κ3) is 5.61. The molecule has 0 aliphatic heterocycles. The van der Waals surface area contributed by atoms with Gasteiger partial charge in [-0.05, 0) is 48.4 Å². The number of hydrogen-bond acceptors (Lipinski definition) is 2. The summed E-state index contributed by atoms with van der Waals surface area (Å²) in [5, 5.41) is 5.02. The van der Waals surface area contributed by atoms with E-state index < -0.39 is 23.6 Å². The molecule has 2 N–H and O–H groups in total. The minimum atomic E-state index is -4.46. The topological polar surface area (TPSA) is 58.2 Å². The Labute approximate surface area is 149 Å². The largest absolute Gasteiger partial charge is 0.416 e. The molecule has 26 heavy (non-hydrogen) atoms. The monoisotopic (exact) mass is 364 g/mol. The molecule has 138 valence electrons. The first kappa shape index (κ1) is 19.5. The Morgan fingerprint density at radius 1 is 0.962 bits per heavy atom. The zero-order valence-corrected chi connectivity index (χ0v) is 14.2. The van der Waals surface area contributed by atoms with Gasteiger partial charge in [0.25, 0.3) is 5.91 Å². The molecule has 2 amide bonds. The number of alkyl halides is 3. The molecule has 0 spiro atoms. The van der Waals surface area contributed by atoms with E-state index in [-0.39, 0.29) is 12.1 Å². The molecular weight excluding hydrogens is 345 g/mol. The molecule has 0 aliphatic rings. The Morgan fingerprint density at radius 3 is 2.12 bits per heavy atom. The third-order valence-electron chi connectivity index (χ3n) is 3.66. The molecule has 7 heteroatoms. The average molecular weight is 364 g/mol. The lowest BCUT2D eigenvalue weighted by atomic mass is 10.1. The summed E-state index contributed by atoms with van der Waals surface area (Å²) < 4.78 is 37.5. The van der Waals surface area contributed by atoms with Crippen LogP contribution in [-0.2, 0) is 17.4 Å². The number of benzene rings is 2. The highest BCUT2D eigenvalue weighted by molar-refractivity contribution is 5.99. The van der Waals surface area contributed by atoms with Crippen molar-refractivity contribution in [1.82, 2.24) is 5.32 Å². The van der Waals surface area contributed by atoms with E-state index in [9.17, 15) is 22.8 Å². The fourth-order valence-electron chi connectivity index (χ4n) is 2.32. The van der Waals surface area contributed by atoms with Gasteiger partial charge in [0.1, 0.15) is 0 Å². The fraction of sp³-hybridized carbons (Fsp3) is 0.263. The van der Waals surface area contributed by atoms with E-state index in [1.54, 1.807) is 12.1 Å². The molecule has 0 bridgehead atoms. The van der Waals surface area contributed by atoms with Crippen LogP contribution in [0.5, 0.6) is 0 Å². The number of rotatable bonds is 6. The van der Waals surface area contributed by atoms with Crippen LogP contribution in [0.1, 0.15) is 34.8 Å². The Bertz CT molecular complexity index is 754. The number of carbonyl (C=O) groups is 2. The summed E-state index contributed by atoms with van der Waals surface area (Å²) in [4.78, 5) is 23.8. The maximum Gasteiger partial charge on any atom is 0.416 e. The summed E-state index contributed by atoms with van der Waals surface area (Å²) in [6.07, 6.45) is -2.47. The van der Waals surface area contributed by atoms with Crippen LogP contribution < -0.4 is 10.6 Å². The molecule has 0 saturated carbocycles. The van der Waals surface area contributed by atoms with E-state index in [0.717, 1.165) is 37.1 Å². The Balaban J connectivity index is 1.85. The normalized spacial score (nSPS) is 11.1. The molecule has 2 aromatic carbocycles. The van der Waals surface area contributed by atoms with Crippen molar-refractivity contribution >= 4 is 17.5 Å². The van der Waals surface area contributed by atoms with Gasteiger partial charge in [-0.25, -0.2) is 0 Å². The summed E-state index contributed by atoms with van der Waals surface area (Å²) in [5.74, 6) is -1.04. The van der Waals surface area contributed by atoms with Gasteiger partial charge in [0.15, 0.2) is 0 Å². The zero-order valence-electron chi connectivity index (χ0n) is 14.2. The average Bonchev–Trinajstić information content (AvgIpc) is 2.61. The Hall–Kier alpha value is -2.83. The second-order valence-electron chi connectivity index (χ2n) is 5.75. The number of anilines is 1. The van der Waals surface area contributed by atoms with Crippen LogP contribution in [0.3, 0.4) is 0 Å². The molecule has 0 heterocycles. The van der Waals surface area contributed by atoms with Crippen LogP contribution in [0.15, 0.2) is 48.5 Å². The summed E-state index contributed by atoms with van der Waals surface area (Å²) in [7, 11) is 0. The third-order valence-corrected chi connectivity index (χ3v) is 3.66. The Morgan fingerprint density at radius 2 is 1.58 bits per heavy atom. The molecule has 4 nitrogen and oxygen atoms in total. The summed E-state index contributed by atoms with van der Waals surface area (Å²) in [5.41, 5.74) is 0.993. The van der Waals surface area contributed by atoms with Crippen LogP contribution in [0, 0.1) is 0 Å². The molecule has 0 radical (unpaired) electrons. The van der Waals surface area contributed by atoms with Crippen LogP contribution in [0.25, 0.3) is 0 Å². The van der Waals surface area contributed by atoms with E-state index in [0.29, 0.717) is 5.69 Å². The second kappa shape index (κ2) is 8.51. The summed E-state index contributed by atoms with van der Waals surface area (Å²) >= 11 is 0. The van der Waals surface area contributed by atoms with Crippen molar-refractivity contribution in [1.29, 1.82) is 0 Å². The van der Waals surface area contributed by atoms with Gasteiger partial charge in [-0.3, -0.25) is 9.59 Å². The van der Waals surface area contributed by atoms with Crippen LogP contribution >= 0.6 is 0 Å². The maximum atomic E-state index is 12.5. The number of hydrogen-bond donors (Lipinski definition) is 2. The van der Waals surface area contributed by atoms with E-state index in [2.05, 4.69) is 17.6 Å². The Kier molecular flexibility index (Phi) is 6.38. The molecular formula is C19H19F3N2O2. The quantitative estimate of drug-likeness (QED) is 0.813. The van der Waals surface area contributed by atoms with Crippen molar-refractivity contribution in [3.05, 3.63) is 65.2 Å². The highest BCUT2D eigenvalue weighted by atomic mass is 19.4. The van der Waals surface area contributed by atoms with Crippen molar-refractivity contribution in [2.45, 2.75) is 25.9 Å². The zero-order chi connectivity index (χ0) is 19.2. The van der Waals surface area contributed by atoms with E-state index in [1.807, 2.05) is 12.1 Å². The fourth-order valence-corrected chi connectivity index (χ4v) is 2.32. The highest BCUT2D eigenvalue weighted by Crippen LogP contribution is 2.29. The molecule has 0 aromatic heterocycles. The van der Waals surface area contributed by atoms with Crippen LogP contribution in [-0.4, -0.2) is 18.4 Å². The number of nitrogens with one attached hydrogen (secondary N) is 2. The first-order valence-corrected chi connectivity index (χ1v) is 8.14. The first-order chi connectivity index (χ1) is 12.3. The molecule has 0 unspecified atom stereocenters.